The Labute approximate surface area is 115 Å². The Hall–Kier alpha value is -1.68. The standard InChI is InChI=1S/C14H15BrN2O/c1-9-6-7-10(8-11(9)15)17-12-4-3-5-13(18-2)14(12)16/h3-8,17H,16H2,1-2H3. The third kappa shape index (κ3) is 2.59. The van der Waals surface area contributed by atoms with Gasteiger partial charge in [-0.2, -0.15) is 0 Å². The van der Waals surface area contributed by atoms with Gasteiger partial charge in [0.1, 0.15) is 5.75 Å². The molecular weight excluding hydrogens is 292 g/mol. The van der Waals surface area contributed by atoms with Crippen LogP contribution in [0.5, 0.6) is 5.75 Å². The first-order chi connectivity index (χ1) is 8.61. The predicted octanol–water partition coefficient (Wildman–Crippen LogP) is 4.09. The molecule has 0 unspecified atom stereocenters. The van der Waals surface area contributed by atoms with Crippen LogP contribution in [0.2, 0.25) is 0 Å². The van der Waals surface area contributed by atoms with Crippen LogP contribution in [0.1, 0.15) is 5.56 Å². The molecule has 2 rings (SSSR count). The van der Waals surface area contributed by atoms with Gasteiger partial charge in [-0.25, -0.2) is 0 Å². The average Bonchev–Trinajstić information content (AvgIpc) is 2.36. The minimum Gasteiger partial charge on any atom is -0.495 e. The summed E-state index contributed by atoms with van der Waals surface area (Å²) < 4.78 is 6.26. The van der Waals surface area contributed by atoms with Crippen molar-refractivity contribution in [3.63, 3.8) is 0 Å². The first kappa shape index (κ1) is 12.8. The number of nitrogens with one attached hydrogen (secondary N) is 1. The number of nitrogens with two attached hydrogens (primary N) is 1. The number of aryl methyl sites for hydroxylation is 1. The minimum absolute atomic E-state index is 0.608. The maximum atomic E-state index is 6.01. The predicted molar refractivity (Wildman–Crippen MR) is 79.6 cm³/mol. The lowest BCUT2D eigenvalue weighted by atomic mass is 10.2. The van der Waals surface area contributed by atoms with Crippen LogP contribution in [-0.2, 0) is 0 Å². The van der Waals surface area contributed by atoms with Gasteiger partial charge in [0.05, 0.1) is 18.5 Å². The first-order valence-electron chi connectivity index (χ1n) is 5.57. The number of ether oxygens (including phenoxy) is 1. The highest BCUT2D eigenvalue weighted by molar-refractivity contribution is 9.10. The molecule has 0 atom stereocenters. The van der Waals surface area contributed by atoms with Crippen molar-refractivity contribution in [2.24, 2.45) is 0 Å². The molecule has 0 aromatic heterocycles. The molecule has 0 aliphatic rings. The van der Waals surface area contributed by atoms with E-state index in [-0.39, 0.29) is 0 Å². The van der Waals surface area contributed by atoms with Gasteiger partial charge < -0.3 is 15.8 Å². The van der Waals surface area contributed by atoms with Crippen LogP contribution in [0.4, 0.5) is 17.1 Å². The van der Waals surface area contributed by atoms with Crippen molar-refractivity contribution < 1.29 is 4.74 Å². The largest absolute Gasteiger partial charge is 0.495 e. The summed E-state index contributed by atoms with van der Waals surface area (Å²) in [5, 5.41) is 3.28. The Kier molecular flexibility index (Phi) is 3.77. The first-order valence-corrected chi connectivity index (χ1v) is 6.37. The number of halogens is 1. The van der Waals surface area contributed by atoms with E-state index in [4.69, 9.17) is 10.5 Å². The molecule has 3 N–H and O–H groups in total. The molecule has 0 aliphatic heterocycles. The summed E-state index contributed by atoms with van der Waals surface area (Å²) in [7, 11) is 1.61. The molecule has 0 fully saturated rings. The van der Waals surface area contributed by atoms with Gasteiger partial charge in [-0.05, 0) is 36.8 Å². The van der Waals surface area contributed by atoms with Crippen molar-refractivity contribution >= 4 is 33.0 Å². The van der Waals surface area contributed by atoms with Crippen LogP contribution in [0, 0.1) is 6.92 Å². The highest BCUT2D eigenvalue weighted by Crippen LogP contribution is 2.32. The van der Waals surface area contributed by atoms with Crippen molar-refractivity contribution in [3.8, 4) is 5.75 Å². The van der Waals surface area contributed by atoms with E-state index in [1.165, 1.54) is 5.56 Å². The van der Waals surface area contributed by atoms with Gasteiger partial charge in [0.2, 0.25) is 0 Å². The Morgan fingerprint density at radius 2 is 2.00 bits per heavy atom. The van der Waals surface area contributed by atoms with Crippen molar-refractivity contribution in [2.45, 2.75) is 6.92 Å². The number of hydrogen-bond acceptors (Lipinski definition) is 3. The molecule has 0 aliphatic carbocycles. The zero-order chi connectivity index (χ0) is 13.1. The van der Waals surface area contributed by atoms with Gasteiger partial charge in [0.25, 0.3) is 0 Å². The fraction of sp³-hybridized carbons (Fsp3) is 0.143. The SMILES string of the molecule is COc1cccc(Nc2ccc(C)c(Br)c2)c1N. The van der Waals surface area contributed by atoms with Gasteiger partial charge in [0, 0.05) is 10.2 Å². The molecule has 94 valence electrons. The summed E-state index contributed by atoms with van der Waals surface area (Å²) in [6.07, 6.45) is 0. The van der Waals surface area contributed by atoms with E-state index in [1.807, 2.05) is 43.3 Å². The van der Waals surface area contributed by atoms with Crippen LogP contribution >= 0.6 is 15.9 Å². The van der Waals surface area contributed by atoms with Crippen molar-refractivity contribution in [1.82, 2.24) is 0 Å². The summed E-state index contributed by atoms with van der Waals surface area (Å²) >= 11 is 3.51. The molecule has 0 spiro atoms. The molecule has 3 nitrogen and oxygen atoms in total. The van der Waals surface area contributed by atoms with Crippen LogP contribution in [0.15, 0.2) is 40.9 Å². The third-order valence-corrected chi connectivity index (χ3v) is 3.59. The number of para-hydroxylation sites is 1. The van der Waals surface area contributed by atoms with E-state index in [9.17, 15) is 0 Å². The monoisotopic (exact) mass is 306 g/mol. The fourth-order valence-corrected chi connectivity index (χ4v) is 2.04. The number of methoxy groups -OCH3 is 1. The number of rotatable bonds is 3. The molecular formula is C14H15BrN2O. The number of hydrogen-bond donors (Lipinski definition) is 2. The van der Waals surface area contributed by atoms with Crippen molar-refractivity contribution in [2.75, 3.05) is 18.2 Å². The second-order valence-corrected chi connectivity index (χ2v) is 4.86. The van der Waals surface area contributed by atoms with Gasteiger partial charge in [-0.15, -0.1) is 0 Å². The van der Waals surface area contributed by atoms with E-state index < -0.39 is 0 Å². The molecule has 2 aromatic rings. The van der Waals surface area contributed by atoms with Crippen LogP contribution in [0.25, 0.3) is 0 Å². The Morgan fingerprint density at radius 3 is 2.67 bits per heavy atom. The van der Waals surface area contributed by atoms with Crippen molar-refractivity contribution in [1.29, 1.82) is 0 Å². The molecule has 0 heterocycles. The second kappa shape index (κ2) is 5.31. The summed E-state index contributed by atoms with van der Waals surface area (Å²) in [6.45, 7) is 2.05. The molecule has 0 saturated carbocycles. The van der Waals surface area contributed by atoms with Crippen molar-refractivity contribution in [3.05, 3.63) is 46.4 Å². The zero-order valence-electron chi connectivity index (χ0n) is 10.3. The van der Waals surface area contributed by atoms with Gasteiger partial charge in [-0.3, -0.25) is 0 Å². The Bertz CT molecular complexity index is 570. The minimum atomic E-state index is 0.608. The summed E-state index contributed by atoms with van der Waals surface area (Å²) in [4.78, 5) is 0. The normalized spacial score (nSPS) is 10.2. The van der Waals surface area contributed by atoms with Crippen LogP contribution in [0.3, 0.4) is 0 Å². The lowest BCUT2D eigenvalue weighted by Crippen LogP contribution is -1.99. The second-order valence-electron chi connectivity index (χ2n) is 4.01. The quantitative estimate of drug-likeness (QED) is 0.840. The third-order valence-electron chi connectivity index (χ3n) is 2.74. The van der Waals surface area contributed by atoms with Gasteiger partial charge >= 0.3 is 0 Å². The van der Waals surface area contributed by atoms with Crippen LogP contribution < -0.4 is 15.8 Å². The molecule has 18 heavy (non-hydrogen) atoms. The lowest BCUT2D eigenvalue weighted by Gasteiger charge is -2.12. The molecule has 2 aromatic carbocycles. The van der Waals surface area contributed by atoms with E-state index in [2.05, 4.69) is 21.2 Å². The van der Waals surface area contributed by atoms with E-state index >= 15 is 0 Å². The lowest BCUT2D eigenvalue weighted by molar-refractivity contribution is 0.417. The molecule has 0 saturated heterocycles. The van der Waals surface area contributed by atoms with Gasteiger partial charge in [0.15, 0.2) is 0 Å². The molecule has 0 radical (unpaired) electrons. The van der Waals surface area contributed by atoms with E-state index in [0.717, 1.165) is 15.8 Å². The summed E-state index contributed by atoms with van der Waals surface area (Å²) in [5.41, 5.74) is 9.63. The van der Waals surface area contributed by atoms with E-state index in [1.54, 1.807) is 7.11 Å². The molecule has 0 amide bonds. The number of nitrogen functional groups attached to an aromatic ring is 1. The average molecular weight is 307 g/mol. The highest BCUT2D eigenvalue weighted by atomic mass is 79.9. The molecule has 0 bridgehead atoms. The van der Waals surface area contributed by atoms with E-state index in [0.29, 0.717) is 11.4 Å². The topological polar surface area (TPSA) is 47.3 Å². The maximum Gasteiger partial charge on any atom is 0.143 e. The van der Waals surface area contributed by atoms with Crippen LogP contribution in [-0.4, -0.2) is 7.11 Å². The summed E-state index contributed by atoms with van der Waals surface area (Å²) in [6, 6.07) is 11.7. The van der Waals surface area contributed by atoms with Gasteiger partial charge in [-0.1, -0.05) is 28.1 Å². The number of anilines is 3. The zero-order valence-corrected chi connectivity index (χ0v) is 11.9. The summed E-state index contributed by atoms with van der Waals surface area (Å²) in [5.74, 6) is 0.672. The Balaban J connectivity index is 2.31. The Morgan fingerprint density at radius 1 is 1.22 bits per heavy atom. The number of benzene rings is 2. The molecule has 4 heteroatoms. The highest BCUT2D eigenvalue weighted by Gasteiger charge is 2.05. The maximum absolute atomic E-state index is 6.01. The fourth-order valence-electron chi connectivity index (χ4n) is 1.66. The smallest absolute Gasteiger partial charge is 0.143 e.